The fraction of sp³-hybridized carbons (Fsp3) is 0.533. The molecule has 2 N–H and O–H groups in total. The molecule has 3 rings (SSSR count). The molecule has 1 aliphatic heterocycles. The number of hydrogen-bond acceptors (Lipinski definition) is 2. The lowest BCUT2D eigenvalue weighted by atomic mass is 9.81. The van der Waals surface area contributed by atoms with Crippen molar-refractivity contribution in [3.8, 4) is 0 Å². The summed E-state index contributed by atoms with van der Waals surface area (Å²) >= 11 is 0. The van der Waals surface area contributed by atoms with Gasteiger partial charge in [-0.3, -0.25) is 4.79 Å². The van der Waals surface area contributed by atoms with E-state index in [4.69, 9.17) is 0 Å². The van der Waals surface area contributed by atoms with Gasteiger partial charge in [0.1, 0.15) is 0 Å². The van der Waals surface area contributed by atoms with Crippen molar-refractivity contribution in [2.45, 2.75) is 38.1 Å². The Labute approximate surface area is 108 Å². The molecule has 0 radical (unpaired) electrons. The van der Waals surface area contributed by atoms with E-state index in [9.17, 15) is 4.79 Å². The van der Waals surface area contributed by atoms with Gasteiger partial charge < -0.3 is 10.6 Å². The number of amides is 1. The lowest BCUT2D eigenvalue weighted by molar-refractivity contribution is -0.124. The minimum atomic E-state index is 0.0263. The predicted octanol–water partition coefficient (Wildman–Crippen LogP) is 2.50. The summed E-state index contributed by atoms with van der Waals surface area (Å²) in [6.45, 7) is 3.12. The van der Waals surface area contributed by atoms with Gasteiger partial charge in [-0.05, 0) is 36.8 Å². The minimum absolute atomic E-state index is 0.0263. The smallest absolute Gasteiger partial charge is 0.227 e. The summed E-state index contributed by atoms with van der Waals surface area (Å²) in [4.78, 5) is 12.3. The molecule has 18 heavy (non-hydrogen) atoms. The van der Waals surface area contributed by atoms with Gasteiger partial charge in [0.2, 0.25) is 5.91 Å². The number of carbonyl (C=O) groups is 1. The van der Waals surface area contributed by atoms with Crippen LogP contribution in [0.1, 0.15) is 37.7 Å². The van der Waals surface area contributed by atoms with Crippen molar-refractivity contribution in [3.63, 3.8) is 0 Å². The van der Waals surface area contributed by atoms with Crippen molar-refractivity contribution in [1.29, 1.82) is 0 Å². The zero-order valence-electron chi connectivity index (χ0n) is 10.8. The number of rotatable bonds is 2. The van der Waals surface area contributed by atoms with E-state index in [2.05, 4.69) is 29.7 Å². The Bertz CT molecular complexity index is 452. The fourth-order valence-corrected chi connectivity index (χ4v) is 3.06. The first-order valence-electron chi connectivity index (χ1n) is 6.87. The number of nitrogens with one attached hydrogen (secondary N) is 2. The summed E-state index contributed by atoms with van der Waals surface area (Å²) < 4.78 is 0. The van der Waals surface area contributed by atoms with E-state index in [0.29, 0.717) is 6.04 Å². The van der Waals surface area contributed by atoms with Crippen LogP contribution in [0.3, 0.4) is 0 Å². The van der Waals surface area contributed by atoms with Gasteiger partial charge in [0, 0.05) is 18.3 Å². The number of fused-ring (bicyclic) bond motifs is 1. The lowest BCUT2D eigenvalue weighted by Crippen LogP contribution is -2.46. The first kappa shape index (κ1) is 11.6. The average molecular weight is 244 g/mol. The molecule has 1 heterocycles. The number of benzene rings is 1. The highest BCUT2D eigenvalue weighted by atomic mass is 16.2. The van der Waals surface area contributed by atoms with E-state index in [1.165, 1.54) is 0 Å². The van der Waals surface area contributed by atoms with E-state index >= 15 is 0 Å². The van der Waals surface area contributed by atoms with Crippen molar-refractivity contribution < 1.29 is 4.79 Å². The standard InChI is InChI=1S/C15H20N2O/c1-10-8-11(9-10)17-15(18)13-6-7-16-14-5-3-2-4-12(13)14/h2-5,10-11,13,16H,6-9H2,1H3,(H,17,18). The SMILES string of the molecule is CC1CC(NC(=O)C2CCNc3ccccc32)C1. The molecule has 1 amide bonds. The maximum atomic E-state index is 12.3. The zero-order chi connectivity index (χ0) is 12.5. The third kappa shape index (κ3) is 2.09. The Balaban J connectivity index is 1.71. The van der Waals surface area contributed by atoms with Crippen molar-refractivity contribution in [3.05, 3.63) is 29.8 Å². The van der Waals surface area contributed by atoms with Crippen LogP contribution in [0.2, 0.25) is 0 Å². The summed E-state index contributed by atoms with van der Waals surface area (Å²) in [5.74, 6) is 1.01. The molecule has 3 heteroatoms. The maximum absolute atomic E-state index is 12.3. The molecular formula is C15H20N2O. The van der Waals surface area contributed by atoms with E-state index < -0.39 is 0 Å². The lowest BCUT2D eigenvalue weighted by Gasteiger charge is -2.35. The molecule has 2 aliphatic rings. The highest BCUT2D eigenvalue weighted by Crippen LogP contribution is 2.33. The Morgan fingerprint density at radius 2 is 2.11 bits per heavy atom. The quantitative estimate of drug-likeness (QED) is 0.839. The maximum Gasteiger partial charge on any atom is 0.227 e. The van der Waals surface area contributed by atoms with Gasteiger partial charge in [0.15, 0.2) is 0 Å². The van der Waals surface area contributed by atoms with Crippen LogP contribution in [-0.4, -0.2) is 18.5 Å². The topological polar surface area (TPSA) is 41.1 Å². The first-order chi connectivity index (χ1) is 8.74. The number of anilines is 1. The van der Waals surface area contributed by atoms with Gasteiger partial charge in [-0.25, -0.2) is 0 Å². The molecule has 1 fully saturated rings. The number of para-hydroxylation sites is 1. The molecule has 1 aromatic rings. The van der Waals surface area contributed by atoms with Gasteiger partial charge in [-0.1, -0.05) is 25.1 Å². The Morgan fingerprint density at radius 3 is 2.89 bits per heavy atom. The van der Waals surface area contributed by atoms with Gasteiger partial charge in [-0.15, -0.1) is 0 Å². The first-order valence-corrected chi connectivity index (χ1v) is 6.87. The highest BCUT2D eigenvalue weighted by Gasteiger charge is 2.31. The largest absolute Gasteiger partial charge is 0.385 e. The van der Waals surface area contributed by atoms with Crippen LogP contribution in [0.25, 0.3) is 0 Å². The number of carbonyl (C=O) groups excluding carboxylic acids is 1. The zero-order valence-corrected chi connectivity index (χ0v) is 10.8. The molecule has 0 aromatic heterocycles. The van der Waals surface area contributed by atoms with Crippen LogP contribution in [0.15, 0.2) is 24.3 Å². The van der Waals surface area contributed by atoms with Crippen LogP contribution in [0, 0.1) is 5.92 Å². The minimum Gasteiger partial charge on any atom is -0.385 e. The van der Waals surface area contributed by atoms with E-state index in [0.717, 1.165) is 43.0 Å². The van der Waals surface area contributed by atoms with E-state index in [1.54, 1.807) is 0 Å². The second-order valence-electron chi connectivity index (χ2n) is 5.64. The van der Waals surface area contributed by atoms with Gasteiger partial charge in [0.25, 0.3) is 0 Å². The molecule has 96 valence electrons. The molecule has 3 nitrogen and oxygen atoms in total. The van der Waals surface area contributed by atoms with Crippen molar-refractivity contribution >= 4 is 11.6 Å². The predicted molar refractivity (Wildman–Crippen MR) is 72.6 cm³/mol. The Morgan fingerprint density at radius 1 is 1.33 bits per heavy atom. The van der Waals surface area contributed by atoms with E-state index in [-0.39, 0.29) is 11.8 Å². The molecule has 0 spiro atoms. The second kappa shape index (κ2) is 4.63. The van der Waals surface area contributed by atoms with Gasteiger partial charge in [-0.2, -0.15) is 0 Å². The molecule has 1 saturated carbocycles. The highest BCUT2D eigenvalue weighted by molar-refractivity contribution is 5.86. The third-order valence-corrected chi connectivity index (χ3v) is 4.12. The summed E-state index contributed by atoms with van der Waals surface area (Å²) in [6, 6.07) is 8.56. The van der Waals surface area contributed by atoms with Crippen molar-refractivity contribution in [1.82, 2.24) is 5.32 Å². The molecule has 0 bridgehead atoms. The second-order valence-corrected chi connectivity index (χ2v) is 5.64. The van der Waals surface area contributed by atoms with Gasteiger partial charge >= 0.3 is 0 Å². The van der Waals surface area contributed by atoms with Crippen LogP contribution < -0.4 is 10.6 Å². The summed E-state index contributed by atoms with van der Waals surface area (Å²) in [5, 5.41) is 6.55. The summed E-state index contributed by atoms with van der Waals surface area (Å²) in [7, 11) is 0. The van der Waals surface area contributed by atoms with Crippen LogP contribution in [0.5, 0.6) is 0 Å². The van der Waals surface area contributed by atoms with Crippen molar-refractivity contribution in [2.75, 3.05) is 11.9 Å². The van der Waals surface area contributed by atoms with Crippen molar-refractivity contribution in [2.24, 2.45) is 5.92 Å². The average Bonchev–Trinajstić information content (AvgIpc) is 2.36. The Hall–Kier alpha value is -1.51. The molecule has 0 saturated heterocycles. The molecular weight excluding hydrogens is 224 g/mol. The number of hydrogen-bond donors (Lipinski definition) is 2. The molecule has 1 unspecified atom stereocenters. The summed E-state index contributed by atoms with van der Waals surface area (Å²) in [6.07, 6.45) is 3.17. The van der Waals surface area contributed by atoms with Gasteiger partial charge in [0.05, 0.1) is 5.92 Å². The monoisotopic (exact) mass is 244 g/mol. The van der Waals surface area contributed by atoms with Crippen LogP contribution in [0.4, 0.5) is 5.69 Å². The van der Waals surface area contributed by atoms with Crippen LogP contribution >= 0.6 is 0 Å². The fourth-order valence-electron chi connectivity index (χ4n) is 3.06. The molecule has 1 atom stereocenters. The molecule has 1 aromatic carbocycles. The van der Waals surface area contributed by atoms with E-state index in [1.807, 2.05) is 12.1 Å². The Kier molecular flexibility index (Phi) is 2.98. The summed E-state index contributed by atoms with van der Waals surface area (Å²) in [5.41, 5.74) is 2.26. The van der Waals surface area contributed by atoms with Crippen LogP contribution in [-0.2, 0) is 4.79 Å². The normalized spacial score (nSPS) is 29.7. The third-order valence-electron chi connectivity index (χ3n) is 4.12. The molecule has 1 aliphatic carbocycles.